The lowest BCUT2D eigenvalue weighted by atomic mass is 9.67. The highest BCUT2D eigenvalue weighted by atomic mass is 19.1. The van der Waals surface area contributed by atoms with Crippen LogP contribution in [0.1, 0.15) is 65.2 Å². The molecule has 0 bridgehead atoms. The van der Waals surface area contributed by atoms with Crippen molar-refractivity contribution in [2.24, 2.45) is 16.7 Å². The van der Waals surface area contributed by atoms with Crippen molar-refractivity contribution in [2.45, 2.75) is 65.2 Å². The van der Waals surface area contributed by atoms with Gasteiger partial charge in [0.05, 0.1) is 11.2 Å². The number of halogens is 1. The Morgan fingerprint density at radius 1 is 1.20 bits per heavy atom. The monoisotopic (exact) mass is 282 g/mol. The van der Waals surface area contributed by atoms with Crippen LogP contribution in [-0.2, 0) is 4.79 Å². The van der Waals surface area contributed by atoms with Crippen LogP contribution in [0, 0.1) is 16.7 Å². The second-order valence-corrected chi connectivity index (χ2v) is 6.83. The van der Waals surface area contributed by atoms with Gasteiger partial charge >= 0.3 is 0 Å². The fourth-order valence-electron chi connectivity index (χ4n) is 3.49. The predicted octanol–water partition coefficient (Wildman–Crippen LogP) is 4.74. The second-order valence-electron chi connectivity index (χ2n) is 6.83. The summed E-state index contributed by atoms with van der Waals surface area (Å²) in [5.41, 5.74) is -0.351. The Morgan fingerprint density at radius 3 is 2.15 bits per heavy atom. The maximum absolute atomic E-state index is 12.8. The number of hydrogen-bond acceptors (Lipinski definition) is 2. The van der Waals surface area contributed by atoms with Crippen molar-refractivity contribution in [2.75, 3.05) is 6.67 Å². The van der Waals surface area contributed by atoms with Gasteiger partial charge in [-0.1, -0.05) is 26.7 Å². The number of hydrogen-bond donors (Lipinski definition) is 1. The third-order valence-electron chi connectivity index (χ3n) is 5.88. The first-order valence-corrected chi connectivity index (χ1v) is 8.02. The Labute approximate surface area is 121 Å². The molecule has 0 aromatic carbocycles. The summed E-state index contributed by atoms with van der Waals surface area (Å²) in [4.78, 5) is 12.0. The van der Waals surface area contributed by atoms with Crippen LogP contribution in [0.25, 0.3) is 0 Å². The molecule has 3 heteroatoms. The summed E-state index contributed by atoms with van der Waals surface area (Å²) in [5, 5.41) is 10.2. The molecule has 0 heterocycles. The van der Waals surface area contributed by atoms with Crippen molar-refractivity contribution in [1.82, 2.24) is 0 Å². The Morgan fingerprint density at radius 2 is 1.75 bits per heavy atom. The lowest BCUT2D eigenvalue weighted by Crippen LogP contribution is -2.27. The van der Waals surface area contributed by atoms with Crippen molar-refractivity contribution in [3.8, 4) is 0 Å². The lowest BCUT2D eigenvalue weighted by molar-refractivity contribution is -0.120. The number of carbonyl (C=O) groups is 1. The molecule has 2 aliphatic carbocycles. The van der Waals surface area contributed by atoms with Gasteiger partial charge in [-0.3, -0.25) is 4.79 Å². The van der Waals surface area contributed by atoms with E-state index in [2.05, 4.69) is 13.8 Å². The maximum Gasteiger partial charge on any atom is 0.167 e. The van der Waals surface area contributed by atoms with E-state index in [9.17, 15) is 14.3 Å². The van der Waals surface area contributed by atoms with Crippen LogP contribution in [0.4, 0.5) is 4.39 Å². The molecule has 0 unspecified atom stereocenters. The summed E-state index contributed by atoms with van der Waals surface area (Å²) in [6, 6.07) is 0. The van der Waals surface area contributed by atoms with Gasteiger partial charge in [0.2, 0.25) is 0 Å². The largest absolute Gasteiger partial charge is 0.512 e. The zero-order valence-electron chi connectivity index (χ0n) is 12.8. The molecule has 0 saturated heterocycles. The first-order valence-electron chi connectivity index (χ1n) is 8.02. The van der Waals surface area contributed by atoms with Gasteiger partial charge in [0, 0.05) is 12.0 Å². The zero-order chi connectivity index (χ0) is 14.8. The minimum absolute atomic E-state index is 0.0978. The van der Waals surface area contributed by atoms with Crippen LogP contribution < -0.4 is 0 Å². The molecule has 0 spiro atoms. The third kappa shape index (κ3) is 2.91. The van der Waals surface area contributed by atoms with E-state index in [4.69, 9.17) is 0 Å². The number of rotatable bonds is 6. The topological polar surface area (TPSA) is 37.3 Å². The van der Waals surface area contributed by atoms with Crippen LogP contribution in [0.2, 0.25) is 0 Å². The number of allylic oxidation sites excluding steroid dienone is 2. The molecule has 20 heavy (non-hydrogen) atoms. The molecule has 2 aliphatic rings. The van der Waals surface area contributed by atoms with Gasteiger partial charge in [-0.25, -0.2) is 4.39 Å². The van der Waals surface area contributed by atoms with E-state index in [1.54, 1.807) is 0 Å². The average molecular weight is 282 g/mol. The summed E-state index contributed by atoms with van der Waals surface area (Å²) in [7, 11) is 0. The van der Waals surface area contributed by atoms with Gasteiger partial charge in [0.1, 0.15) is 6.67 Å². The standard InChI is InChI=1S/C17H27FO2/c1-3-16(4-2)7-5-13(6-8-16)14(19)11-15(20)17(12-18)9-10-17/h11,13,19H,3-10,12H2,1-2H3/b14-11-. The van der Waals surface area contributed by atoms with Crippen LogP contribution in [0.15, 0.2) is 11.8 Å². The van der Waals surface area contributed by atoms with Gasteiger partial charge in [-0.2, -0.15) is 0 Å². The first kappa shape index (κ1) is 15.5. The van der Waals surface area contributed by atoms with E-state index in [1.165, 1.54) is 18.9 Å². The summed E-state index contributed by atoms with van der Waals surface area (Å²) in [6.45, 7) is 3.89. The van der Waals surface area contributed by atoms with Gasteiger partial charge in [0.25, 0.3) is 0 Å². The SMILES string of the molecule is CCC1(CC)CCC(/C(O)=C/C(=O)C2(CF)CC2)CC1. The van der Waals surface area contributed by atoms with Gasteiger partial charge in [-0.05, 0) is 43.9 Å². The van der Waals surface area contributed by atoms with E-state index < -0.39 is 12.1 Å². The van der Waals surface area contributed by atoms with E-state index in [0.717, 1.165) is 25.7 Å². The van der Waals surface area contributed by atoms with Crippen LogP contribution in [-0.4, -0.2) is 17.6 Å². The molecule has 2 saturated carbocycles. The van der Waals surface area contributed by atoms with Crippen LogP contribution in [0.5, 0.6) is 0 Å². The number of carbonyl (C=O) groups excluding carboxylic acids is 1. The summed E-state index contributed by atoms with van der Waals surface area (Å²) >= 11 is 0. The van der Waals surface area contributed by atoms with E-state index >= 15 is 0 Å². The fraction of sp³-hybridized carbons (Fsp3) is 0.824. The lowest BCUT2D eigenvalue weighted by Gasteiger charge is -2.39. The Balaban J connectivity index is 1.95. The number of aliphatic hydroxyl groups excluding tert-OH is 1. The molecule has 0 amide bonds. The quantitative estimate of drug-likeness (QED) is 0.564. The van der Waals surface area contributed by atoms with Gasteiger partial charge in [0.15, 0.2) is 5.78 Å². The van der Waals surface area contributed by atoms with Crippen molar-refractivity contribution >= 4 is 5.78 Å². The number of ketones is 1. The molecule has 0 aliphatic heterocycles. The normalized spacial score (nSPS) is 25.4. The van der Waals surface area contributed by atoms with Gasteiger partial charge < -0.3 is 5.11 Å². The molecule has 2 nitrogen and oxygen atoms in total. The summed E-state index contributed by atoms with van der Waals surface area (Å²) < 4.78 is 12.8. The molecule has 1 N–H and O–H groups in total. The van der Waals surface area contributed by atoms with E-state index in [1.807, 2.05) is 0 Å². The van der Waals surface area contributed by atoms with Crippen LogP contribution in [0.3, 0.4) is 0 Å². The first-order chi connectivity index (χ1) is 9.51. The van der Waals surface area contributed by atoms with E-state index in [-0.39, 0.29) is 17.5 Å². The molecule has 114 valence electrons. The Kier molecular flexibility index (Phi) is 4.55. The van der Waals surface area contributed by atoms with Gasteiger partial charge in [-0.15, -0.1) is 0 Å². The van der Waals surface area contributed by atoms with Crippen molar-refractivity contribution in [3.05, 3.63) is 11.8 Å². The van der Waals surface area contributed by atoms with Crippen molar-refractivity contribution in [1.29, 1.82) is 0 Å². The fourth-order valence-corrected chi connectivity index (χ4v) is 3.49. The highest BCUT2D eigenvalue weighted by Gasteiger charge is 2.49. The molecule has 2 fully saturated rings. The highest BCUT2D eigenvalue weighted by Crippen LogP contribution is 2.48. The highest BCUT2D eigenvalue weighted by molar-refractivity contribution is 5.97. The molecule has 0 atom stereocenters. The molecule has 0 radical (unpaired) electrons. The third-order valence-corrected chi connectivity index (χ3v) is 5.88. The number of aliphatic hydroxyl groups is 1. The smallest absolute Gasteiger partial charge is 0.167 e. The van der Waals surface area contributed by atoms with E-state index in [0.29, 0.717) is 18.3 Å². The number of alkyl halides is 1. The molecule has 0 aromatic rings. The average Bonchev–Trinajstić information content (AvgIpc) is 3.28. The Hall–Kier alpha value is -0.860. The van der Waals surface area contributed by atoms with Crippen molar-refractivity contribution in [3.63, 3.8) is 0 Å². The zero-order valence-corrected chi connectivity index (χ0v) is 12.8. The summed E-state index contributed by atoms with van der Waals surface area (Å²) in [6.07, 6.45) is 9.07. The Bertz CT molecular complexity index is 382. The van der Waals surface area contributed by atoms with Crippen LogP contribution >= 0.6 is 0 Å². The van der Waals surface area contributed by atoms with Crippen molar-refractivity contribution < 1.29 is 14.3 Å². The molecular formula is C17H27FO2. The summed E-state index contributed by atoms with van der Waals surface area (Å²) in [5.74, 6) is 0.0800. The molecule has 0 aromatic heterocycles. The molecular weight excluding hydrogens is 255 g/mol. The predicted molar refractivity (Wildman–Crippen MR) is 78.3 cm³/mol. The second kappa shape index (κ2) is 5.87. The minimum atomic E-state index is -0.779. The maximum atomic E-state index is 12.8. The molecule has 2 rings (SSSR count). The minimum Gasteiger partial charge on any atom is -0.512 e.